The molecule has 1 fully saturated rings. The number of nitrogens with one attached hydrogen (secondary N) is 1. The third kappa shape index (κ3) is 4.28. The van der Waals surface area contributed by atoms with Gasteiger partial charge in [-0.2, -0.15) is 0 Å². The molecule has 0 bridgehead atoms. The van der Waals surface area contributed by atoms with E-state index < -0.39 is 0 Å². The number of anilines is 1. The lowest BCUT2D eigenvalue weighted by atomic mass is 9.98. The van der Waals surface area contributed by atoms with Crippen LogP contribution in [0, 0.1) is 6.92 Å². The van der Waals surface area contributed by atoms with Gasteiger partial charge in [0.05, 0.1) is 0 Å². The molecule has 0 spiro atoms. The average Bonchev–Trinajstić information content (AvgIpc) is 2.72. The van der Waals surface area contributed by atoms with Crippen LogP contribution < -0.4 is 10.2 Å². The molecule has 6 heteroatoms. The molecule has 6 nitrogen and oxygen atoms in total. The first-order valence-electron chi connectivity index (χ1n) is 10.1. The SMILES string of the molecule is Cc1ccc2c(c1)CCN(C(=O)NCc1ccc(N3CCN(C)CC3)nc1)C2. The van der Waals surface area contributed by atoms with E-state index in [0.717, 1.165) is 50.5 Å². The van der Waals surface area contributed by atoms with Crippen molar-refractivity contribution < 1.29 is 4.79 Å². The summed E-state index contributed by atoms with van der Waals surface area (Å²) >= 11 is 0. The number of carbonyl (C=O) groups is 1. The number of pyridine rings is 1. The van der Waals surface area contributed by atoms with Gasteiger partial charge in [0.2, 0.25) is 0 Å². The minimum atomic E-state index is -0.00521. The number of carbonyl (C=O) groups excluding carboxylic acids is 1. The lowest BCUT2D eigenvalue weighted by Crippen LogP contribution is -2.44. The van der Waals surface area contributed by atoms with Crippen LogP contribution in [0.15, 0.2) is 36.5 Å². The molecule has 1 saturated heterocycles. The molecule has 0 atom stereocenters. The van der Waals surface area contributed by atoms with Crippen LogP contribution in [0.2, 0.25) is 0 Å². The van der Waals surface area contributed by atoms with Crippen LogP contribution in [0.3, 0.4) is 0 Å². The van der Waals surface area contributed by atoms with Crippen molar-refractivity contribution >= 4 is 11.8 Å². The topological polar surface area (TPSA) is 51.7 Å². The number of urea groups is 1. The summed E-state index contributed by atoms with van der Waals surface area (Å²) < 4.78 is 0. The van der Waals surface area contributed by atoms with Crippen LogP contribution >= 0.6 is 0 Å². The molecule has 3 heterocycles. The number of hydrogen-bond acceptors (Lipinski definition) is 4. The van der Waals surface area contributed by atoms with E-state index in [2.05, 4.69) is 64.4 Å². The normalized spacial score (nSPS) is 17.4. The predicted molar refractivity (Wildman–Crippen MR) is 111 cm³/mol. The quantitative estimate of drug-likeness (QED) is 0.890. The molecule has 0 radical (unpaired) electrons. The first-order chi connectivity index (χ1) is 13.6. The molecule has 4 rings (SSSR count). The van der Waals surface area contributed by atoms with Crippen LogP contribution in [-0.4, -0.2) is 60.6 Å². The molecule has 1 N–H and O–H groups in total. The van der Waals surface area contributed by atoms with Crippen LogP contribution in [0.25, 0.3) is 0 Å². The van der Waals surface area contributed by atoms with Crippen LogP contribution in [0.5, 0.6) is 0 Å². The highest BCUT2D eigenvalue weighted by molar-refractivity contribution is 5.74. The maximum atomic E-state index is 12.6. The summed E-state index contributed by atoms with van der Waals surface area (Å²) in [5, 5.41) is 3.04. The van der Waals surface area contributed by atoms with E-state index in [0.29, 0.717) is 13.1 Å². The summed E-state index contributed by atoms with van der Waals surface area (Å²) in [4.78, 5) is 23.7. The average molecular weight is 380 g/mol. The Kier molecular flexibility index (Phi) is 5.48. The fourth-order valence-electron chi connectivity index (χ4n) is 3.89. The highest BCUT2D eigenvalue weighted by Gasteiger charge is 2.20. The number of aryl methyl sites for hydroxylation is 1. The molecule has 0 aliphatic carbocycles. The number of likely N-dealkylation sites (N-methyl/N-ethyl adjacent to an activating group) is 1. The van der Waals surface area contributed by atoms with Crippen LogP contribution in [0.1, 0.15) is 22.3 Å². The summed E-state index contributed by atoms with van der Waals surface area (Å²) in [5.41, 5.74) is 4.93. The van der Waals surface area contributed by atoms with Gasteiger partial charge in [-0.15, -0.1) is 0 Å². The van der Waals surface area contributed by atoms with E-state index in [1.54, 1.807) is 0 Å². The predicted octanol–water partition coefficient (Wildman–Crippen LogP) is 2.41. The molecule has 2 aromatic rings. The Morgan fingerprint density at radius 1 is 1.07 bits per heavy atom. The Morgan fingerprint density at radius 2 is 1.89 bits per heavy atom. The Hall–Kier alpha value is -2.60. The number of aromatic nitrogens is 1. The zero-order valence-corrected chi connectivity index (χ0v) is 16.8. The fraction of sp³-hybridized carbons (Fsp3) is 0.455. The molecule has 1 aromatic heterocycles. The Morgan fingerprint density at radius 3 is 2.64 bits per heavy atom. The molecule has 0 unspecified atom stereocenters. The van der Waals surface area contributed by atoms with E-state index in [-0.39, 0.29) is 6.03 Å². The molecular weight excluding hydrogens is 350 g/mol. The van der Waals surface area contributed by atoms with Gasteiger partial charge in [-0.05, 0) is 43.1 Å². The zero-order valence-electron chi connectivity index (χ0n) is 16.8. The standard InChI is InChI=1S/C22H29N5O/c1-17-3-5-20-16-27(8-7-19(20)13-17)22(28)24-15-18-4-6-21(23-14-18)26-11-9-25(2)10-12-26/h3-6,13-14H,7-12,15-16H2,1-2H3,(H,24,28). The smallest absolute Gasteiger partial charge is 0.317 e. The second-order valence-electron chi connectivity index (χ2n) is 7.92. The van der Waals surface area contributed by atoms with Gasteiger partial charge in [0.25, 0.3) is 0 Å². The number of hydrogen-bond donors (Lipinski definition) is 1. The van der Waals surface area contributed by atoms with E-state index >= 15 is 0 Å². The molecule has 1 aromatic carbocycles. The third-order valence-electron chi connectivity index (χ3n) is 5.74. The van der Waals surface area contributed by atoms with Crippen molar-refractivity contribution in [2.45, 2.75) is 26.4 Å². The number of nitrogens with zero attached hydrogens (tertiary/aromatic N) is 4. The van der Waals surface area contributed by atoms with E-state index in [4.69, 9.17) is 0 Å². The van der Waals surface area contributed by atoms with Gasteiger partial charge in [-0.25, -0.2) is 9.78 Å². The fourth-order valence-corrected chi connectivity index (χ4v) is 3.89. The van der Waals surface area contributed by atoms with Crippen molar-refractivity contribution in [3.8, 4) is 0 Å². The molecule has 148 valence electrons. The zero-order chi connectivity index (χ0) is 19.5. The summed E-state index contributed by atoms with van der Waals surface area (Å²) in [7, 11) is 2.15. The molecular formula is C22H29N5O. The number of piperazine rings is 1. The molecule has 28 heavy (non-hydrogen) atoms. The summed E-state index contributed by atoms with van der Waals surface area (Å²) in [6.45, 7) is 8.22. The second kappa shape index (κ2) is 8.19. The van der Waals surface area contributed by atoms with Gasteiger partial charge in [-0.1, -0.05) is 29.8 Å². The summed E-state index contributed by atoms with van der Waals surface area (Å²) in [6, 6.07) is 10.6. The van der Waals surface area contributed by atoms with Crippen molar-refractivity contribution in [3.05, 3.63) is 58.8 Å². The van der Waals surface area contributed by atoms with E-state index in [9.17, 15) is 4.79 Å². The molecule has 2 amide bonds. The minimum absolute atomic E-state index is 0.00521. The maximum absolute atomic E-state index is 12.6. The van der Waals surface area contributed by atoms with E-state index in [1.807, 2.05) is 11.1 Å². The number of amides is 2. The van der Waals surface area contributed by atoms with Gasteiger partial charge in [0.15, 0.2) is 0 Å². The third-order valence-corrected chi connectivity index (χ3v) is 5.74. The number of benzene rings is 1. The van der Waals surface area contributed by atoms with Crippen LogP contribution in [-0.2, 0) is 19.5 Å². The second-order valence-corrected chi connectivity index (χ2v) is 7.92. The van der Waals surface area contributed by atoms with Crippen molar-refractivity contribution in [2.24, 2.45) is 0 Å². The van der Waals surface area contributed by atoms with Gasteiger partial charge in [0.1, 0.15) is 5.82 Å². The van der Waals surface area contributed by atoms with Gasteiger partial charge in [-0.3, -0.25) is 0 Å². The monoisotopic (exact) mass is 379 g/mol. The van der Waals surface area contributed by atoms with Crippen molar-refractivity contribution in [1.82, 2.24) is 20.1 Å². The Labute approximate surface area is 167 Å². The van der Waals surface area contributed by atoms with Gasteiger partial charge >= 0.3 is 6.03 Å². The first-order valence-corrected chi connectivity index (χ1v) is 10.1. The Balaban J connectivity index is 1.29. The van der Waals surface area contributed by atoms with Crippen LogP contribution in [0.4, 0.5) is 10.6 Å². The first kappa shape index (κ1) is 18.7. The molecule has 0 saturated carbocycles. The van der Waals surface area contributed by atoms with E-state index in [1.165, 1.54) is 16.7 Å². The highest BCUT2D eigenvalue weighted by atomic mass is 16.2. The summed E-state index contributed by atoms with van der Waals surface area (Å²) in [5.74, 6) is 1.02. The van der Waals surface area contributed by atoms with Crippen molar-refractivity contribution in [1.29, 1.82) is 0 Å². The van der Waals surface area contributed by atoms with Gasteiger partial charge in [0, 0.05) is 52.0 Å². The molecule has 2 aliphatic heterocycles. The number of rotatable bonds is 3. The van der Waals surface area contributed by atoms with Gasteiger partial charge < -0.3 is 20.0 Å². The highest BCUT2D eigenvalue weighted by Crippen LogP contribution is 2.20. The van der Waals surface area contributed by atoms with Crippen molar-refractivity contribution in [2.75, 3.05) is 44.7 Å². The number of fused-ring (bicyclic) bond motifs is 1. The maximum Gasteiger partial charge on any atom is 0.317 e. The lowest BCUT2D eigenvalue weighted by Gasteiger charge is -2.33. The largest absolute Gasteiger partial charge is 0.354 e. The summed E-state index contributed by atoms with van der Waals surface area (Å²) in [6.07, 6.45) is 2.80. The minimum Gasteiger partial charge on any atom is -0.354 e. The Bertz CT molecular complexity index is 827. The van der Waals surface area contributed by atoms with Crippen molar-refractivity contribution in [3.63, 3.8) is 0 Å². The molecule has 2 aliphatic rings. The lowest BCUT2D eigenvalue weighted by molar-refractivity contribution is 0.192.